The summed E-state index contributed by atoms with van der Waals surface area (Å²) in [5, 5.41) is 9.31. The van der Waals surface area contributed by atoms with Gasteiger partial charge in [0.15, 0.2) is 0 Å². The molecule has 1 rings (SSSR count). The predicted octanol–water partition coefficient (Wildman–Crippen LogP) is 1.14. The first-order chi connectivity index (χ1) is 5.29. The highest BCUT2D eigenvalue weighted by molar-refractivity contribution is 7.49. The molecule has 1 aromatic carbocycles. The molecule has 0 spiro atoms. The summed E-state index contributed by atoms with van der Waals surface area (Å²) in [6.45, 7) is 0. The van der Waals surface area contributed by atoms with Crippen LogP contribution >= 0.6 is 8.20 Å². The standard InChI is InChI=1S/C8H7O2P/c9-8(10)6-11-7-4-2-1-3-5-7/h1-6H,(H,9,10). The molecule has 0 saturated heterocycles. The van der Waals surface area contributed by atoms with E-state index in [-0.39, 0.29) is 0 Å². The van der Waals surface area contributed by atoms with Crippen LogP contribution in [0, 0.1) is 0 Å². The first kappa shape index (κ1) is 7.96. The maximum Gasteiger partial charge on any atom is 0.332 e. The Labute approximate surface area is 66.3 Å². The van der Waals surface area contributed by atoms with Gasteiger partial charge in [0.1, 0.15) is 0 Å². The molecule has 1 aromatic rings. The summed E-state index contributed by atoms with van der Waals surface area (Å²) in [5.74, 6) is 0.338. The van der Waals surface area contributed by atoms with Crippen molar-refractivity contribution < 1.29 is 9.90 Å². The zero-order valence-electron chi connectivity index (χ0n) is 5.77. The average Bonchev–Trinajstić information content (AvgIpc) is 2.03. The molecular weight excluding hydrogens is 159 g/mol. The molecule has 0 radical (unpaired) electrons. The van der Waals surface area contributed by atoms with Crippen LogP contribution in [-0.2, 0) is 4.79 Å². The molecule has 0 amide bonds. The van der Waals surface area contributed by atoms with Crippen LogP contribution in [0.3, 0.4) is 0 Å². The molecule has 2 nitrogen and oxygen atoms in total. The van der Waals surface area contributed by atoms with E-state index in [1.807, 2.05) is 30.3 Å². The summed E-state index contributed by atoms with van der Waals surface area (Å²) in [7, 11) is 0.732. The highest BCUT2D eigenvalue weighted by Gasteiger charge is 1.86. The van der Waals surface area contributed by atoms with Crippen LogP contribution in [-0.4, -0.2) is 16.9 Å². The van der Waals surface area contributed by atoms with Gasteiger partial charge in [-0.15, -0.1) is 0 Å². The van der Waals surface area contributed by atoms with Crippen molar-refractivity contribution in [2.24, 2.45) is 0 Å². The lowest BCUT2D eigenvalue weighted by molar-refractivity contribution is -0.128. The molecule has 0 saturated carbocycles. The summed E-state index contributed by atoms with van der Waals surface area (Å²) < 4.78 is 0. The van der Waals surface area contributed by atoms with E-state index in [0.29, 0.717) is 0 Å². The molecule has 0 aliphatic heterocycles. The molecule has 0 aliphatic rings. The number of carboxylic acids is 1. The largest absolute Gasteiger partial charge is 0.478 e. The fourth-order valence-corrected chi connectivity index (χ4v) is 1.25. The summed E-state index contributed by atoms with van der Waals surface area (Å²) in [4.78, 5) is 10.1. The second-order valence-corrected chi connectivity index (χ2v) is 2.96. The van der Waals surface area contributed by atoms with E-state index in [4.69, 9.17) is 5.11 Å². The SMILES string of the molecule is O=C(O)C=Pc1ccccc1. The van der Waals surface area contributed by atoms with E-state index in [1.54, 1.807) is 0 Å². The zero-order valence-corrected chi connectivity index (χ0v) is 6.66. The van der Waals surface area contributed by atoms with Crippen molar-refractivity contribution in [1.29, 1.82) is 0 Å². The Morgan fingerprint density at radius 3 is 2.55 bits per heavy atom. The van der Waals surface area contributed by atoms with Gasteiger partial charge in [-0.3, -0.25) is 0 Å². The Morgan fingerprint density at radius 2 is 2.00 bits per heavy atom. The Bertz CT molecular complexity index is 267. The van der Waals surface area contributed by atoms with Crippen molar-refractivity contribution in [2.45, 2.75) is 0 Å². The van der Waals surface area contributed by atoms with Crippen LogP contribution in [0.1, 0.15) is 0 Å². The van der Waals surface area contributed by atoms with Crippen LogP contribution in [0.5, 0.6) is 0 Å². The third-order valence-electron chi connectivity index (χ3n) is 1.08. The van der Waals surface area contributed by atoms with Gasteiger partial charge in [0.25, 0.3) is 0 Å². The number of carboxylic acid groups (broad SMARTS) is 1. The van der Waals surface area contributed by atoms with Crippen LogP contribution < -0.4 is 5.30 Å². The number of aliphatic carboxylic acids is 1. The van der Waals surface area contributed by atoms with Gasteiger partial charge in [-0.1, -0.05) is 38.5 Å². The van der Waals surface area contributed by atoms with Crippen LogP contribution in [0.15, 0.2) is 30.3 Å². The molecule has 0 fully saturated rings. The molecule has 1 N–H and O–H groups in total. The topological polar surface area (TPSA) is 37.3 Å². The highest BCUT2D eigenvalue weighted by atomic mass is 31.1. The molecule has 0 bridgehead atoms. The summed E-state index contributed by atoms with van der Waals surface area (Å²) in [5.41, 5.74) is 0. The van der Waals surface area contributed by atoms with Crippen molar-refractivity contribution in [2.75, 3.05) is 0 Å². The minimum atomic E-state index is -0.879. The molecule has 11 heavy (non-hydrogen) atoms. The van der Waals surface area contributed by atoms with Crippen LogP contribution in [0.4, 0.5) is 0 Å². The van der Waals surface area contributed by atoms with Crippen LogP contribution in [0.2, 0.25) is 0 Å². The van der Waals surface area contributed by atoms with Crippen molar-refractivity contribution >= 4 is 25.3 Å². The summed E-state index contributed by atoms with van der Waals surface area (Å²) in [6.07, 6.45) is 0. The molecule has 0 heterocycles. The summed E-state index contributed by atoms with van der Waals surface area (Å²) in [6, 6.07) is 9.46. The van der Waals surface area contributed by atoms with Gasteiger partial charge >= 0.3 is 5.97 Å². The molecule has 56 valence electrons. The lowest BCUT2D eigenvalue weighted by Gasteiger charge is -1.87. The normalized spacial score (nSPS) is 10.2. The fraction of sp³-hybridized carbons (Fsp3) is 0. The Kier molecular flexibility index (Phi) is 2.82. The van der Waals surface area contributed by atoms with E-state index in [0.717, 1.165) is 13.5 Å². The average molecular weight is 166 g/mol. The smallest absolute Gasteiger partial charge is 0.332 e. The highest BCUT2D eigenvalue weighted by Crippen LogP contribution is 1.95. The first-order valence-electron chi connectivity index (χ1n) is 3.11. The third kappa shape index (κ3) is 2.96. The van der Waals surface area contributed by atoms with Gasteiger partial charge in [0.05, 0.1) is 5.80 Å². The van der Waals surface area contributed by atoms with Gasteiger partial charge in [-0.25, -0.2) is 4.79 Å². The van der Waals surface area contributed by atoms with Gasteiger partial charge < -0.3 is 5.11 Å². The zero-order chi connectivity index (χ0) is 8.10. The first-order valence-corrected chi connectivity index (χ1v) is 4.07. The van der Waals surface area contributed by atoms with Gasteiger partial charge in [-0.2, -0.15) is 0 Å². The second-order valence-electron chi connectivity index (χ2n) is 1.93. The molecule has 0 aromatic heterocycles. The fourth-order valence-electron chi connectivity index (χ4n) is 0.644. The van der Waals surface area contributed by atoms with Crippen molar-refractivity contribution in [3.05, 3.63) is 30.3 Å². The minimum Gasteiger partial charge on any atom is -0.478 e. The maximum absolute atomic E-state index is 10.1. The number of hydrogen-bond donors (Lipinski definition) is 1. The Balaban J connectivity index is 2.72. The Morgan fingerprint density at radius 1 is 1.36 bits per heavy atom. The molecule has 0 unspecified atom stereocenters. The van der Waals surface area contributed by atoms with E-state index in [1.165, 1.54) is 5.80 Å². The molecule has 0 atom stereocenters. The van der Waals surface area contributed by atoms with E-state index >= 15 is 0 Å². The number of benzene rings is 1. The van der Waals surface area contributed by atoms with E-state index in [2.05, 4.69) is 0 Å². The molecule has 0 aliphatic carbocycles. The lowest BCUT2D eigenvalue weighted by atomic mass is 10.4. The molecule has 3 heteroatoms. The van der Waals surface area contributed by atoms with Gasteiger partial charge in [-0.05, 0) is 0 Å². The van der Waals surface area contributed by atoms with Crippen molar-refractivity contribution in [3.8, 4) is 0 Å². The van der Waals surface area contributed by atoms with Crippen molar-refractivity contribution in [3.63, 3.8) is 0 Å². The third-order valence-corrected chi connectivity index (χ3v) is 2.03. The quantitative estimate of drug-likeness (QED) is 0.669. The number of carbonyl (C=O) groups is 1. The van der Waals surface area contributed by atoms with E-state index in [9.17, 15) is 4.79 Å². The van der Waals surface area contributed by atoms with Crippen molar-refractivity contribution in [1.82, 2.24) is 0 Å². The monoisotopic (exact) mass is 166 g/mol. The summed E-state index contributed by atoms with van der Waals surface area (Å²) >= 11 is 0. The van der Waals surface area contributed by atoms with E-state index < -0.39 is 5.97 Å². The van der Waals surface area contributed by atoms with Crippen LogP contribution in [0.25, 0.3) is 0 Å². The lowest BCUT2D eigenvalue weighted by Crippen LogP contribution is -1.95. The molecular formula is C8H7O2P. The maximum atomic E-state index is 10.1. The van der Waals surface area contributed by atoms with Gasteiger partial charge in [0, 0.05) is 5.30 Å². The predicted molar refractivity (Wildman–Crippen MR) is 46.7 cm³/mol. The second kappa shape index (κ2) is 3.89. The number of hydrogen-bond acceptors (Lipinski definition) is 1. The Hall–Kier alpha value is -1.14. The number of rotatable bonds is 2. The minimum absolute atomic E-state index is 0.732. The van der Waals surface area contributed by atoms with Gasteiger partial charge in [0.2, 0.25) is 0 Å².